The molecule has 0 radical (unpaired) electrons. The fourth-order valence-electron chi connectivity index (χ4n) is 2.45. The van der Waals surface area contributed by atoms with Crippen molar-refractivity contribution in [2.45, 2.75) is 4.90 Å². The molecule has 0 fully saturated rings. The maximum absolute atomic E-state index is 12.9. The van der Waals surface area contributed by atoms with E-state index in [0.29, 0.717) is 22.9 Å². The van der Waals surface area contributed by atoms with Crippen LogP contribution in [0.5, 0.6) is 17.2 Å². The smallest absolute Gasteiger partial charge is 0.264 e. The van der Waals surface area contributed by atoms with Crippen LogP contribution < -0.4 is 13.8 Å². The van der Waals surface area contributed by atoms with Gasteiger partial charge < -0.3 is 9.47 Å². The van der Waals surface area contributed by atoms with Gasteiger partial charge in [0.15, 0.2) is 0 Å². The molecular formula is C20H18ClNO4S. The molecule has 0 unspecified atom stereocenters. The van der Waals surface area contributed by atoms with Crippen molar-refractivity contribution in [1.82, 2.24) is 0 Å². The summed E-state index contributed by atoms with van der Waals surface area (Å²) in [6.45, 7) is 0. The Morgan fingerprint density at radius 2 is 1.52 bits per heavy atom. The summed E-state index contributed by atoms with van der Waals surface area (Å²) in [4.78, 5) is 0.0837. The van der Waals surface area contributed by atoms with Crippen LogP contribution in [0.15, 0.2) is 77.7 Å². The van der Waals surface area contributed by atoms with Gasteiger partial charge in [0.05, 0.1) is 22.7 Å². The van der Waals surface area contributed by atoms with Crippen LogP contribution >= 0.6 is 11.6 Å². The fourth-order valence-corrected chi connectivity index (χ4v) is 4.00. The van der Waals surface area contributed by atoms with Gasteiger partial charge in [0.25, 0.3) is 10.0 Å². The number of methoxy groups -OCH3 is 1. The van der Waals surface area contributed by atoms with E-state index in [9.17, 15) is 8.42 Å². The van der Waals surface area contributed by atoms with Crippen LogP contribution in [0.1, 0.15) is 0 Å². The lowest BCUT2D eigenvalue weighted by molar-refractivity contribution is 0.414. The minimum Gasteiger partial charge on any atom is -0.495 e. The van der Waals surface area contributed by atoms with E-state index in [1.807, 2.05) is 30.3 Å². The van der Waals surface area contributed by atoms with Gasteiger partial charge in [-0.3, -0.25) is 4.31 Å². The summed E-state index contributed by atoms with van der Waals surface area (Å²) in [6.07, 6.45) is 0. The van der Waals surface area contributed by atoms with E-state index < -0.39 is 10.0 Å². The van der Waals surface area contributed by atoms with E-state index >= 15 is 0 Å². The van der Waals surface area contributed by atoms with E-state index in [1.165, 1.54) is 36.7 Å². The second kappa shape index (κ2) is 7.90. The van der Waals surface area contributed by atoms with Crippen LogP contribution in [-0.4, -0.2) is 22.6 Å². The SMILES string of the molecule is COc1ccc(S(=O)(=O)N(C)c2ccc(Oc3ccccc3)cc2)cc1Cl. The lowest BCUT2D eigenvalue weighted by Crippen LogP contribution is -2.26. The highest BCUT2D eigenvalue weighted by Gasteiger charge is 2.22. The Labute approximate surface area is 163 Å². The zero-order chi connectivity index (χ0) is 19.4. The Kier molecular flexibility index (Phi) is 5.58. The quantitative estimate of drug-likeness (QED) is 0.583. The summed E-state index contributed by atoms with van der Waals surface area (Å²) in [7, 11) is -0.799. The lowest BCUT2D eigenvalue weighted by Gasteiger charge is -2.20. The average Bonchev–Trinajstić information content (AvgIpc) is 2.68. The van der Waals surface area contributed by atoms with Gasteiger partial charge in [-0.1, -0.05) is 29.8 Å². The Bertz CT molecular complexity index is 1020. The third-order valence-electron chi connectivity index (χ3n) is 3.96. The highest BCUT2D eigenvalue weighted by atomic mass is 35.5. The summed E-state index contributed by atoms with van der Waals surface area (Å²) >= 11 is 6.06. The topological polar surface area (TPSA) is 55.8 Å². The second-order valence-corrected chi connectivity index (χ2v) is 8.05. The third-order valence-corrected chi connectivity index (χ3v) is 6.04. The Morgan fingerprint density at radius 3 is 2.11 bits per heavy atom. The van der Waals surface area contributed by atoms with E-state index in [-0.39, 0.29) is 9.92 Å². The van der Waals surface area contributed by atoms with Crippen LogP contribution in [-0.2, 0) is 10.0 Å². The van der Waals surface area contributed by atoms with Gasteiger partial charge in [0, 0.05) is 7.05 Å². The molecule has 0 aliphatic heterocycles. The third kappa shape index (κ3) is 4.18. The number of nitrogens with zero attached hydrogens (tertiary/aromatic N) is 1. The predicted octanol–water partition coefficient (Wildman–Crippen LogP) is 4.97. The largest absolute Gasteiger partial charge is 0.495 e. The van der Waals surface area contributed by atoms with E-state index in [0.717, 1.165) is 0 Å². The maximum Gasteiger partial charge on any atom is 0.264 e. The van der Waals surface area contributed by atoms with Crippen molar-refractivity contribution in [3.8, 4) is 17.2 Å². The first kappa shape index (κ1) is 19.1. The highest BCUT2D eigenvalue weighted by molar-refractivity contribution is 7.92. The first-order valence-corrected chi connectivity index (χ1v) is 9.89. The lowest BCUT2D eigenvalue weighted by atomic mass is 10.3. The number of anilines is 1. The molecule has 0 atom stereocenters. The molecule has 3 rings (SSSR count). The van der Waals surface area contributed by atoms with Gasteiger partial charge in [-0.05, 0) is 54.6 Å². The van der Waals surface area contributed by atoms with Gasteiger partial charge in [-0.2, -0.15) is 0 Å². The number of sulfonamides is 1. The number of benzene rings is 3. The number of hydrogen-bond acceptors (Lipinski definition) is 4. The van der Waals surface area contributed by atoms with Gasteiger partial charge in [-0.15, -0.1) is 0 Å². The molecular weight excluding hydrogens is 386 g/mol. The molecule has 0 spiro atoms. The first-order chi connectivity index (χ1) is 12.9. The molecule has 0 saturated heterocycles. The van der Waals surface area contributed by atoms with Crippen molar-refractivity contribution < 1.29 is 17.9 Å². The highest BCUT2D eigenvalue weighted by Crippen LogP contribution is 2.30. The van der Waals surface area contributed by atoms with E-state index in [2.05, 4.69) is 0 Å². The van der Waals surface area contributed by atoms with E-state index in [1.54, 1.807) is 24.3 Å². The number of halogens is 1. The second-order valence-electron chi connectivity index (χ2n) is 5.68. The Balaban J connectivity index is 1.82. The van der Waals surface area contributed by atoms with Crippen LogP contribution in [0.4, 0.5) is 5.69 Å². The van der Waals surface area contributed by atoms with E-state index in [4.69, 9.17) is 21.1 Å². The van der Waals surface area contributed by atoms with Crippen molar-refractivity contribution in [2.24, 2.45) is 0 Å². The molecule has 0 amide bonds. The van der Waals surface area contributed by atoms with Crippen molar-refractivity contribution in [3.63, 3.8) is 0 Å². The molecule has 0 N–H and O–H groups in total. The molecule has 0 aromatic heterocycles. The molecule has 5 nitrogen and oxygen atoms in total. The van der Waals surface area contributed by atoms with Crippen LogP contribution in [0.25, 0.3) is 0 Å². The zero-order valence-electron chi connectivity index (χ0n) is 14.8. The summed E-state index contributed by atoms with van der Waals surface area (Å²) in [5.41, 5.74) is 0.502. The Morgan fingerprint density at radius 1 is 0.889 bits per heavy atom. The standard InChI is InChI=1S/C20H18ClNO4S/c1-22(27(23,24)18-12-13-20(25-2)19(21)14-18)15-8-10-17(11-9-15)26-16-6-4-3-5-7-16/h3-14H,1-2H3. The minimum absolute atomic E-state index is 0.0837. The molecule has 7 heteroatoms. The Hall–Kier alpha value is -2.70. The molecule has 0 saturated carbocycles. The minimum atomic E-state index is -3.76. The summed E-state index contributed by atoms with van der Waals surface area (Å²) in [6, 6.07) is 20.5. The summed E-state index contributed by atoms with van der Waals surface area (Å²) < 4.78 is 37.7. The van der Waals surface area contributed by atoms with Gasteiger partial charge in [0.1, 0.15) is 17.2 Å². The number of rotatable bonds is 6. The van der Waals surface area contributed by atoms with Crippen LogP contribution in [0.2, 0.25) is 5.02 Å². The fraction of sp³-hybridized carbons (Fsp3) is 0.100. The summed E-state index contributed by atoms with van der Waals surface area (Å²) in [5.74, 6) is 1.74. The zero-order valence-corrected chi connectivity index (χ0v) is 16.4. The van der Waals surface area contributed by atoms with Crippen molar-refractivity contribution in [1.29, 1.82) is 0 Å². The summed E-state index contributed by atoms with van der Waals surface area (Å²) in [5, 5.41) is 0.235. The first-order valence-electron chi connectivity index (χ1n) is 8.07. The monoisotopic (exact) mass is 403 g/mol. The molecule has 3 aromatic carbocycles. The molecule has 0 aliphatic carbocycles. The molecule has 27 heavy (non-hydrogen) atoms. The van der Waals surface area contributed by atoms with Gasteiger partial charge in [0.2, 0.25) is 0 Å². The number of hydrogen-bond donors (Lipinski definition) is 0. The normalized spacial score (nSPS) is 11.1. The maximum atomic E-state index is 12.9. The molecule has 0 heterocycles. The van der Waals surface area contributed by atoms with Crippen LogP contribution in [0, 0.1) is 0 Å². The molecule has 3 aromatic rings. The van der Waals surface area contributed by atoms with Crippen LogP contribution in [0.3, 0.4) is 0 Å². The molecule has 140 valence electrons. The molecule has 0 aliphatic rings. The predicted molar refractivity (Wildman–Crippen MR) is 107 cm³/mol. The van der Waals surface area contributed by atoms with Crippen molar-refractivity contribution in [3.05, 3.63) is 77.8 Å². The molecule has 0 bridgehead atoms. The van der Waals surface area contributed by atoms with Crippen molar-refractivity contribution in [2.75, 3.05) is 18.5 Å². The number of para-hydroxylation sites is 1. The number of ether oxygens (including phenoxy) is 2. The average molecular weight is 404 g/mol. The van der Waals surface area contributed by atoms with Crippen molar-refractivity contribution >= 4 is 27.3 Å². The van der Waals surface area contributed by atoms with Gasteiger partial charge in [-0.25, -0.2) is 8.42 Å². The van der Waals surface area contributed by atoms with Gasteiger partial charge >= 0.3 is 0 Å².